The topological polar surface area (TPSA) is 62.4 Å². The van der Waals surface area contributed by atoms with E-state index in [2.05, 4.69) is 10.2 Å². The van der Waals surface area contributed by atoms with E-state index in [-0.39, 0.29) is 0 Å². The summed E-state index contributed by atoms with van der Waals surface area (Å²) in [6.07, 6.45) is 4.45. The van der Waals surface area contributed by atoms with Gasteiger partial charge in [-0.1, -0.05) is 17.9 Å². The Morgan fingerprint density at radius 2 is 2.12 bits per heavy atom. The van der Waals surface area contributed by atoms with Crippen molar-refractivity contribution in [2.45, 2.75) is 37.7 Å². The van der Waals surface area contributed by atoms with E-state index < -0.39 is 5.60 Å². The predicted octanol–water partition coefficient (Wildman–Crippen LogP) is 1.59. The van der Waals surface area contributed by atoms with Gasteiger partial charge in [0, 0.05) is 19.3 Å². The number of hydrogen-bond donors (Lipinski definition) is 1. The largest absolute Gasteiger partial charge is 0.408 e. The van der Waals surface area contributed by atoms with Crippen LogP contribution in [0.3, 0.4) is 0 Å². The summed E-state index contributed by atoms with van der Waals surface area (Å²) >= 11 is 5.60. The molecule has 17 heavy (non-hydrogen) atoms. The lowest BCUT2D eigenvalue weighted by molar-refractivity contribution is 0.0549. The maximum Gasteiger partial charge on any atom is 0.317 e. The van der Waals surface area contributed by atoms with Gasteiger partial charge in [0.15, 0.2) is 0 Å². The molecule has 0 unspecified atom stereocenters. The minimum Gasteiger partial charge on any atom is -0.408 e. The zero-order valence-corrected chi connectivity index (χ0v) is 10.8. The zero-order chi connectivity index (χ0) is 12.3. The van der Waals surface area contributed by atoms with E-state index in [0.29, 0.717) is 30.8 Å². The van der Waals surface area contributed by atoms with Crippen LogP contribution in [-0.4, -0.2) is 40.4 Å². The van der Waals surface area contributed by atoms with Crippen molar-refractivity contribution in [3.05, 3.63) is 5.89 Å². The molecule has 0 bridgehead atoms. The second kappa shape index (κ2) is 5.23. The summed E-state index contributed by atoms with van der Waals surface area (Å²) in [7, 11) is 1.86. The van der Waals surface area contributed by atoms with Gasteiger partial charge in [-0.15, -0.1) is 16.7 Å². The summed E-state index contributed by atoms with van der Waals surface area (Å²) in [5.74, 6) is 1.01. The van der Waals surface area contributed by atoms with Gasteiger partial charge >= 0.3 is 6.01 Å². The fraction of sp³-hybridized carbons (Fsp3) is 0.818. The summed E-state index contributed by atoms with van der Waals surface area (Å²) < 4.78 is 5.45. The van der Waals surface area contributed by atoms with Gasteiger partial charge in [0.05, 0.1) is 12.1 Å². The van der Waals surface area contributed by atoms with Gasteiger partial charge in [0.1, 0.15) is 0 Å². The lowest BCUT2D eigenvalue weighted by Gasteiger charge is -2.27. The molecular formula is C11H18ClN3O2. The lowest BCUT2D eigenvalue weighted by atomic mass is 10.0. The van der Waals surface area contributed by atoms with Crippen LogP contribution < -0.4 is 4.90 Å². The van der Waals surface area contributed by atoms with Crippen molar-refractivity contribution < 1.29 is 9.52 Å². The molecular weight excluding hydrogens is 242 g/mol. The average Bonchev–Trinajstić information content (AvgIpc) is 2.88. The van der Waals surface area contributed by atoms with E-state index in [4.69, 9.17) is 16.0 Å². The minimum absolute atomic E-state index is 0.449. The summed E-state index contributed by atoms with van der Waals surface area (Å²) in [6, 6.07) is 0.449. The van der Waals surface area contributed by atoms with Gasteiger partial charge in [0.2, 0.25) is 5.89 Å². The second-order valence-corrected chi connectivity index (χ2v) is 5.08. The zero-order valence-electron chi connectivity index (χ0n) is 10.0. The van der Waals surface area contributed by atoms with E-state index in [0.717, 1.165) is 25.7 Å². The molecule has 1 aromatic heterocycles. The van der Waals surface area contributed by atoms with Crippen molar-refractivity contribution in [1.29, 1.82) is 0 Å². The highest BCUT2D eigenvalue weighted by molar-refractivity contribution is 6.17. The first-order valence-electron chi connectivity index (χ1n) is 5.95. The van der Waals surface area contributed by atoms with Crippen molar-refractivity contribution in [2.24, 2.45) is 0 Å². The molecule has 1 fully saturated rings. The molecule has 1 aliphatic rings. The number of aromatic nitrogens is 2. The van der Waals surface area contributed by atoms with Crippen LogP contribution in [0.1, 0.15) is 31.6 Å². The third kappa shape index (κ3) is 3.10. The van der Waals surface area contributed by atoms with Crippen LogP contribution in [0.2, 0.25) is 0 Å². The van der Waals surface area contributed by atoms with Crippen molar-refractivity contribution in [1.82, 2.24) is 10.2 Å². The van der Waals surface area contributed by atoms with Crippen LogP contribution in [0, 0.1) is 0 Å². The number of likely N-dealkylation sites (N-methyl/N-ethyl adjacent to an activating group) is 1. The third-order valence-corrected chi connectivity index (χ3v) is 3.35. The van der Waals surface area contributed by atoms with Crippen LogP contribution >= 0.6 is 11.6 Å². The number of alkyl halides is 1. The molecule has 5 nitrogen and oxygen atoms in total. The Hall–Kier alpha value is -0.810. The molecule has 0 saturated heterocycles. The first-order chi connectivity index (χ1) is 8.13. The van der Waals surface area contributed by atoms with E-state index >= 15 is 0 Å². The molecule has 2 rings (SSSR count). The molecule has 1 saturated carbocycles. The van der Waals surface area contributed by atoms with Gasteiger partial charge in [0.25, 0.3) is 0 Å². The lowest BCUT2D eigenvalue weighted by Crippen LogP contribution is -2.39. The smallest absolute Gasteiger partial charge is 0.317 e. The Morgan fingerprint density at radius 1 is 1.41 bits per heavy atom. The molecule has 0 spiro atoms. The van der Waals surface area contributed by atoms with Crippen LogP contribution in [-0.2, 0) is 6.42 Å². The molecule has 1 heterocycles. The number of aliphatic hydroxyl groups is 1. The highest BCUT2D eigenvalue weighted by atomic mass is 35.5. The Bertz CT molecular complexity index is 363. The number of aryl methyl sites for hydroxylation is 1. The first kappa shape index (κ1) is 12.6. The van der Waals surface area contributed by atoms with E-state index in [1.165, 1.54) is 0 Å². The Balaban J connectivity index is 1.96. The van der Waals surface area contributed by atoms with Crippen LogP contribution in [0.15, 0.2) is 4.42 Å². The number of rotatable bonds is 5. The van der Waals surface area contributed by atoms with E-state index in [9.17, 15) is 5.11 Å². The quantitative estimate of drug-likeness (QED) is 0.814. The fourth-order valence-electron chi connectivity index (χ4n) is 2.28. The summed E-state index contributed by atoms with van der Waals surface area (Å²) in [5.41, 5.74) is -0.601. The Morgan fingerprint density at radius 3 is 2.76 bits per heavy atom. The third-order valence-electron chi connectivity index (χ3n) is 3.16. The molecule has 1 N–H and O–H groups in total. The number of anilines is 1. The van der Waals surface area contributed by atoms with Crippen LogP contribution in [0.4, 0.5) is 6.01 Å². The van der Waals surface area contributed by atoms with Crippen molar-refractivity contribution in [3.8, 4) is 0 Å². The van der Waals surface area contributed by atoms with Crippen molar-refractivity contribution >= 4 is 17.6 Å². The summed E-state index contributed by atoms with van der Waals surface area (Å²) in [5, 5.41) is 18.1. The molecule has 6 heteroatoms. The SMILES string of the molecule is CN(CC1(O)CCCC1)c1nnc(CCCl)o1. The molecule has 96 valence electrons. The first-order valence-corrected chi connectivity index (χ1v) is 6.48. The molecule has 1 aliphatic carbocycles. The maximum atomic E-state index is 10.3. The van der Waals surface area contributed by atoms with Gasteiger partial charge in [-0.25, -0.2) is 0 Å². The van der Waals surface area contributed by atoms with Crippen molar-refractivity contribution in [3.63, 3.8) is 0 Å². The van der Waals surface area contributed by atoms with E-state index in [1.807, 2.05) is 11.9 Å². The Labute approximate surface area is 106 Å². The molecule has 0 amide bonds. The number of hydrogen-bond acceptors (Lipinski definition) is 5. The van der Waals surface area contributed by atoms with Crippen LogP contribution in [0.5, 0.6) is 0 Å². The number of nitrogens with zero attached hydrogens (tertiary/aromatic N) is 3. The second-order valence-electron chi connectivity index (χ2n) is 4.70. The summed E-state index contributed by atoms with van der Waals surface area (Å²) in [4.78, 5) is 1.82. The van der Waals surface area contributed by atoms with E-state index in [1.54, 1.807) is 0 Å². The van der Waals surface area contributed by atoms with Gasteiger partial charge in [-0.05, 0) is 12.8 Å². The molecule has 0 radical (unpaired) electrons. The molecule has 0 aliphatic heterocycles. The highest BCUT2D eigenvalue weighted by Crippen LogP contribution is 2.30. The van der Waals surface area contributed by atoms with Gasteiger partial charge < -0.3 is 14.4 Å². The molecule has 1 aromatic rings. The highest BCUT2D eigenvalue weighted by Gasteiger charge is 2.33. The fourth-order valence-corrected chi connectivity index (χ4v) is 2.44. The maximum absolute atomic E-state index is 10.3. The van der Waals surface area contributed by atoms with Gasteiger partial charge in [-0.3, -0.25) is 0 Å². The predicted molar refractivity (Wildman–Crippen MR) is 65.4 cm³/mol. The summed E-state index contributed by atoms with van der Waals surface area (Å²) in [6.45, 7) is 0.537. The standard InChI is InChI=1S/C11H18ClN3O2/c1-15(8-11(16)5-2-3-6-11)10-14-13-9(17-10)4-7-12/h16H,2-8H2,1H3. The molecule has 0 atom stereocenters. The minimum atomic E-state index is -0.601. The monoisotopic (exact) mass is 259 g/mol. The van der Waals surface area contributed by atoms with Crippen molar-refractivity contribution in [2.75, 3.05) is 24.4 Å². The molecule has 0 aromatic carbocycles. The normalized spacial score (nSPS) is 18.5. The van der Waals surface area contributed by atoms with Crippen LogP contribution in [0.25, 0.3) is 0 Å². The van der Waals surface area contributed by atoms with Gasteiger partial charge in [-0.2, -0.15) is 0 Å². The average molecular weight is 260 g/mol. The Kier molecular flexibility index (Phi) is 3.89. The number of halogens is 1.